The predicted octanol–water partition coefficient (Wildman–Crippen LogP) is 2.97. The predicted molar refractivity (Wildman–Crippen MR) is 125 cm³/mol. The van der Waals surface area contributed by atoms with Crippen molar-refractivity contribution in [1.29, 1.82) is 0 Å². The summed E-state index contributed by atoms with van der Waals surface area (Å²) in [7, 11) is 0. The number of piperazine rings is 1. The van der Waals surface area contributed by atoms with E-state index in [-0.39, 0.29) is 24.3 Å². The molecule has 2 aromatic carbocycles. The molecule has 0 aliphatic carbocycles. The fourth-order valence-electron chi connectivity index (χ4n) is 4.34. The summed E-state index contributed by atoms with van der Waals surface area (Å²) in [5, 5.41) is 2.93. The van der Waals surface area contributed by atoms with Crippen LogP contribution in [0.1, 0.15) is 25.5 Å². The van der Waals surface area contributed by atoms with Crippen LogP contribution < -0.4 is 5.32 Å². The number of nitrogens with one attached hydrogen (secondary N) is 1. The van der Waals surface area contributed by atoms with E-state index in [1.165, 1.54) is 6.33 Å². The Labute approximate surface area is 197 Å². The first-order valence-corrected chi connectivity index (χ1v) is 11.5. The molecule has 1 aliphatic rings. The van der Waals surface area contributed by atoms with Gasteiger partial charge in [-0.2, -0.15) is 0 Å². The van der Waals surface area contributed by atoms with Crippen molar-refractivity contribution in [2.75, 3.05) is 32.7 Å². The van der Waals surface area contributed by atoms with Crippen LogP contribution in [0.2, 0.25) is 0 Å². The van der Waals surface area contributed by atoms with Crippen LogP contribution in [0, 0.1) is 17.6 Å². The maximum absolute atomic E-state index is 13.9. The van der Waals surface area contributed by atoms with Gasteiger partial charge in [0.1, 0.15) is 6.04 Å². The lowest BCUT2D eigenvalue weighted by atomic mass is 10.0. The zero-order chi connectivity index (χ0) is 24.2. The molecule has 180 valence electrons. The zero-order valence-electron chi connectivity index (χ0n) is 19.4. The molecule has 2 amide bonds. The topological polar surface area (TPSA) is 70.5 Å². The van der Waals surface area contributed by atoms with Crippen molar-refractivity contribution in [3.8, 4) is 0 Å². The monoisotopic (exact) mass is 469 g/mol. The summed E-state index contributed by atoms with van der Waals surface area (Å²) in [4.78, 5) is 33.7. The molecule has 0 bridgehead atoms. The standard InChI is InChI=1S/C25H29F2N5O2/c1-17(2)24(32-16-29-21-12-19(26)20(27)13-22(21)32)25(34)31-10-8-30(9-11-31)15-23(33)28-14-18-6-4-3-5-7-18/h3-7,12-13,16-17,24H,8-11,14-15H2,1-2H3,(H,28,33). The molecule has 2 heterocycles. The van der Waals surface area contributed by atoms with Gasteiger partial charge in [-0.15, -0.1) is 0 Å². The second-order valence-corrected chi connectivity index (χ2v) is 8.96. The van der Waals surface area contributed by atoms with E-state index in [1.54, 1.807) is 9.47 Å². The van der Waals surface area contributed by atoms with Crippen molar-refractivity contribution in [2.45, 2.75) is 26.4 Å². The zero-order valence-corrected chi connectivity index (χ0v) is 19.4. The van der Waals surface area contributed by atoms with Crippen molar-refractivity contribution in [3.05, 3.63) is 66.0 Å². The third-order valence-electron chi connectivity index (χ3n) is 6.18. The Hall–Kier alpha value is -3.33. The number of rotatable bonds is 7. The highest BCUT2D eigenvalue weighted by Crippen LogP contribution is 2.27. The molecule has 0 saturated carbocycles. The molecule has 1 N–H and O–H groups in total. The van der Waals surface area contributed by atoms with Gasteiger partial charge in [-0.1, -0.05) is 44.2 Å². The quantitative estimate of drug-likeness (QED) is 0.578. The maximum atomic E-state index is 13.9. The van der Waals surface area contributed by atoms with Crippen LogP contribution in [0.5, 0.6) is 0 Å². The Morgan fingerprint density at radius 2 is 1.71 bits per heavy atom. The van der Waals surface area contributed by atoms with Crippen molar-refractivity contribution in [3.63, 3.8) is 0 Å². The Morgan fingerprint density at radius 3 is 2.38 bits per heavy atom. The Bertz CT molecular complexity index is 1160. The highest BCUT2D eigenvalue weighted by molar-refractivity contribution is 5.84. The van der Waals surface area contributed by atoms with E-state index in [9.17, 15) is 18.4 Å². The molecule has 7 nitrogen and oxygen atoms in total. The first-order chi connectivity index (χ1) is 16.3. The van der Waals surface area contributed by atoms with Crippen LogP contribution in [0.25, 0.3) is 11.0 Å². The molecule has 1 fully saturated rings. The Kier molecular flexibility index (Phi) is 7.21. The van der Waals surface area contributed by atoms with Gasteiger partial charge in [0.2, 0.25) is 11.8 Å². The molecule has 1 aromatic heterocycles. The van der Waals surface area contributed by atoms with Gasteiger partial charge in [-0.05, 0) is 11.5 Å². The minimum absolute atomic E-state index is 0.0529. The number of benzene rings is 2. The number of nitrogens with zero attached hydrogens (tertiary/aromatic N) is 4. The van der Waals surface area contributed by atoms with Crippen LogP contribution in [-0.4, -0.2) is 63.9 Å². The van der Waals surface area contributed by atoms with Crippen LogP contribution in [0.15, 0.2) is 48.8 Å². The highest BCUT2D eigenvalue weighted by Gasteiger charge is 2.32. The summed E-state index contributed by atoms with van der Waals surface area (Å²) in [5.74, 6) is -2.16. The Balaban J connectivity index is 1.36. The number of halogens is 2. The molecule has 1 unspecified atom stereocenters. The van der Waals surface area contributed by atoms with E-state index in [4.69, 9.17) is 0 Å². The number of carbonyl (C=O) groups is 2. The minimum Gasteiger partial charge on any atom is -0.351 e. The van der Waals surface area contributed by atoms with Gasteiger partial charge >= 0.3 is 0 Å². The first kappa shape index (κ1) is 23.8. The normalized spacial score (nSPS) is 15.6. The second kappa shape index (κ2) is 10.3. The number of fused-ring (bicyclic) bond motifs is 1. The van der Waals surface area contributed by atoms with E-state index in [0.717, 1.165) is 17.7 Å². The molecule has 1 saturated heterocycles. The fraction of sp³-hybridized carbons (Fsp3) is 0.400. The van der Waals surface area contributed by atoms with Gasteiger partial charge in [0.25, 0.3) is 0 Å². The van der Waals surface area contributed by atoms with E-state index < -0.39 is 17.7 Å². The molecule has 1 aliphatic heterocycles. The second-order valence-electron chi connectivity index (χ2n) is 8.96. The molecular weight excluding hydrogens is 440 g/mol. The molecule has 4 rings (SSSR count). The maximum Gasteiger partial charge on any atom is 0.246 e. The molecular formula is C25H29F2N5O2. The van der Waals surface area contributed by atoms with Gasteiger partial charge in [0, 0.05) is 44.9 Å². The molecule has 3 aromatic rings. The molecule has 0 spiro atoms. The third-order valence-corrected chi connectivity index (χ3v) is 6.18. The lowest BCUT2D eigenvalue weighted by Gasteiger charge is -2.37. The first-order valence-electron chi connectivity index (χ1n) is 11.5. The molecule has 34 heavy (non-hydrogen) atoms. The summed E-state index contributed by atoms with van der Waals surface area (Å²) < 4.78 is 29.1. The van der Waals surface area contributed by atoms with Gasteiger partial charge in [0.05, 0.1) is 23.9 Å². The minimum atomic E-state index is -0.969. The summed E-state index contributed by atoms with van der Waals surface area (Å²) >= 11 is 0. The summed E-state index contributed by atoms with van der Waals surface area (Å²) in [6.07, 6.45) is 1.47. The fourth-order valence-corrected chi connectivity index (χ4v) is 4.34. The Morgan fingerprint density at radius 1 is 1.03 bits per heavy atom. The van der Waals surface area contributed by atoms with Crippen molar-refractivity contribution in [1.82, 2.24) is 24.7 Å². The number of carbonyl (C=O) groups excluding carboxylic acids is 2. The van der Waals surface area contributed by atoms with Gasteiger partial charge < -0.3 is 14.8 Å². The largest absolute Gasteiger partial charge is 0.351 e. The number of amides is 2. The number of hydrogen-bond donors (Lipinski definition) is 1. The van der Waals surface area contributed by atoms with Crippen LogP contribution in [0.3, 0.4) is 0 Å². The van der Waals surface area contributed by atoms with Crippen molar-refractivity contribution < 1.29 is 18.4 Å². The number of imidazole rings is 1. The molecule has 9 heteroatoms. The van der Waals surface area contributed by atoms with E-state index in [1.807, 2.05) is 49.1 Å². The van der Waals surface area contributed by atoms with Crippen LogP contribution in [-0.2, 0) is 16.1 Å². The van der Waals surface area contributed by atoms with Gasteiger partial charge in [-0.3, -0.25) is 14.5 Å². The van der Waals surface area contributed by atoms with Crippen molar-refractivity contribution >= 4 is 22.8 Å². The average molecular weight is 470 g/mol. The third kappa shape index (κ3) is 5.25. The summed E-state index contributed by atoms with van der Waals surface area (Å²) in [6.45, 7) is 6.74. The highest BCUT2D eigenvalue weighted by atomic mass is 19.2. The molecule has 1 atom stereocenters. The average Bonchev–Trinajstić information content (AvgIpc) is 3.21. The number of hydrogen-bond acceptors (Lipinski definition) is 4. The van der Waals surface area contributed by atoms with Gasteiger partial charge in [0.15, 0.2) is 11.6 Å². The van der Waals surface area contributed by atoms with E-state index in [2.05, 4.69) is 10.3 Å². The molecule has 0 radical (unpaired) electrons. The van der Waals surface area contributed by atoms with Crippen LogP contribution >= 0.6 is 0 Å². The SMILES string of the molecule is CC(C)C(C(=O)N1CCN(CC(=O)NCc2ccccc2)CC1)n1cnc2cc(F)c(F)cc21. The lowest BCUT2D eigenvalue weighted by molar-refractivity contribution is -0.138. The summed E-state index contributed by atoms with van der Waals surface area (Å²) in [6, 6.07) is 11.3. The smallest absolute Gasteiger partial charge is 0.246 e. The lowest BCUT2D eigenvalue weighted by Crippen LogP contribution is -2.52. The summed E-state index contributed by atoms with van der Waals surface area (Å²) in [5.41, 5.74) is 1.74. The van der Waals surface area contributed by atoms with Crippen molar-refractivity contribution in [2.24, 2.45) is 5.92 Å². The van der Waals surface area contributed by atoms with E-state index >= 15 is 0 Å². The van der Waals surface area contributed by atoms with E-state index in [0.29, 0.717) is 43.8 Å². The van der Waals surface area contributed by atoms with Crippen LogP contribution in [0.4, 0.5) is 8.78 Å². The number of aromatic nitrogens is 2. The van der Waals surface area contributed by atoms with Gasteiger partial charge in [-0.25, -0.2) is 13.8 Å².